The maximum atomic E-state index is 12.9. The molecular weight excluding hydrogens is 354 g/mol. The van der Waals surface area contributed by atoms with Crippen LogP contribution in [-0.2, 0) is 0 Å². The van der Waals surface area contributed by atoms with E-state index in [0.717, 1.165) is 16.5 Å². The van der Waals surface area contributed by atoms with Crippen molar-refractivity contribution in [1.82, 2.24) is 4.98 Å². The largest absolute Gasteiger partial charge is 0.439 e. The van der Waals surface area contributed by atoms with Crippen LogP contribution in [0.25, 0.3) is 21.9 Å². The van der Waals surface area contributed by atoms with E-state index in [0.29, 0.717) is 16.7 Å². The van der Waals surface area contributed by atoms with Crippen molar-refractivity contribution in [2.24, 2.45) is 5.73 Å². The number of nitriles is 1. The molecule has 3 heterocycles. The average molecular weight is 367 g/mol. The highest BCUT2D eigenvalue weighted by molar-refractivity contribution is 5.88. The Hall–Kier alpha value is -4.11. The maximum absolute atomic E-state index is 12.9. The van der Waals surface area contributed by atoms with Gasteiger partial charge < -0.3 is 14.9 Å². The minimum atomic E-state index is -0.706. The summed E-state index contributed by atoms with van der Waals surface area (Å²) in [6.45, 7) is 0. The van der Waals surface area contributed by atoms with Crippen molar-refractivity contribution in [3.63, 3.8) is 0 Å². The number of allylic oxidation sites excluding steroid dienone is 1. The molecule has 2 aromatic carbocycles. The first-order chi connectivity index (χ1) is 13.7. The summed E-state index contributed by atoms with van der Waals surface area (Å²) in [5.41, 5.74) is 7.89. The maximum Gasteiger partial charge on any atom is 0.344 e. The fourth-order valence-corrected chi connectivity index (χ4v) is 3.75. The van der Waals surface area contributed by atoms with Crippen molar-refractivity contribution in [1.29, 1.82) is 5.26 Å². The van der Waals surface area contributed by atoms with Crippen LogP contribution in [0.5, 0.6) is 5.75 Å². The zero-order chi connectivity index (χ0) is 19.3. The summed E-state index contributed by atoms with van der Waals surface area (Å²) < 4.78 is 11.3. The first-order valence-electron chi connectivity index (χ1n) is 8.66. The highest BCUT2D eigenvalue weighted by Crippen LogP contribution is 2.44. The second-order valence-electron chi connectivity index (χ2n) is 6.47. The molecule has 1 aliphatic rings. The standard InChI is InChI=1S/C22H13N3O3/c23-11-15-18(13-9-10-25-16-7-3-1-5-12(13)16)19-20(28-21(15)24)14-6-2-4-8-17(14)27-22(19)26/h1-10,18H,24H2/t18-/m0/s1. The van der Waals surface area contributed by atoms with E-state index in [9.17, 15) is 10.1 Å². The Labute approximate surface area is 159 Å². The third-order valence-electron chi connectivity index (χ3n) is 4.97. The molecule has 0 bridgehead atoms. The summed E-state index contributed by atoms with van der Waals surface area (Å²) in [5.74, 6) is -0.395. The summed E-state index contributed by atoms with van der Waals surface area (Å²) in [5, 5.41) is 11.2. The van der Waals surface area contributed by atoms with Gasteiger partial charge in [-0.05, 0) is 29.8 Å². The normalized spacial score (nSPS) is 15.9. The number of fused-ring (bicyclic) bond motifs is 4. The van der Waals surface area contributed by atoms with Gasteiger partial charge in [-0.15, -0.1) is 0 Å². The Bertz CT molecular complexity index is 1390. The molecule has 28 heavy (non-hydrogen) atoms. The van der Waals surface area contributed by atoms with Crippen LogP contribution in [0.3, 0.4) is 0 Å². The lowest BCUT2D eigenvalue weighted by Gasteiger charge is -2.26. The molecule has 0 spiro atoms. The summed E-state index contributed by atoms with van der Waals surface area (Å²) in [4.78, 5) is 17.3. The molecule has 1 aliphatic heterocycles. The Morgan fingerprint density at radius 3 is 2.61 bits per heavy atom. The van der Waals surface area contributed by atoms with Gasteiger partial charge in [0.25, 0.3) is 0 Å². The van der Waals surface area contributed by atoms with Crippen molar-refractivity contribution < 1.29 is 9.15 Å². The minimum Gasteiger partial charge on any atom is -0.439 e. The molecule has 1 atom stereocenters. The molecule has 0 fully saturated rings. The van der Waals surface area contributed by atoms with E-state index < -0.39 is 11.5 Å². The van der Waals surface area contributed by atoms with Crippen LogP contribution in [0, 0.1) is 11.3 Å². The molecule has 4 aromatic rings. The number of hydrogen-bond donors (Lipinski definition) is 1. The van der Waals surface area contributed by atoms with Gasteiger partial charge in [0, 0.05) is 11.6 Å². The highest BCUT2D eigenvalue weighted by Gasteiger charge is 2.36. The summed E-state index contributed by atoms with van der Waals surface area (Å²) in [6, 6.07) is 18.5. The van der Waals surface area contributed by atoms with Gasteiger partial charge in [-0.2, -0.15) is 5.26 Å². The Morgan fingerprint density at radius 1 is 1.04 bits per heavy atom. The fraction of sp³-hybridized carbons (Fsp3) is 0.0455. The van der Waals surface area contributed by atoms with Crippen molar-refractivity contribution in [2.45, 2.75) is 5.92 Å². The lowest BCUT2D eigenvalue weighted by atomic mass is 9.82. The number of benzene rings is 2. The van der Waals surface area contributed by atoms with E-state index in [1.165, 1.54) is 0 Å². The first kappa shape index (κ1) is 16.1. The molecule has 2 N–H and O–H groups in total. The van der Waals surface area contributed by atoms with Crippen LogP contribution in [0.15, 0.2) is 81.5 Å². The van der Waals surface area contributed by atoms with E-state index in [-0.39, 0.29) is 17.0 Å². The van der Waals surface area contributed by atoms with Gasteiger partial charge in [0.15, 0.2) is 5.75 Å². The van der Waals surface area contributed by atoms with Crippen LogP contribution >= 0.6 is 0 Å². The summed E-state index contributed by atoms with van der Waals surface area (Å²) >= 11 is 0. The molecule has 0 saturated carbocycles. The lowest BCUT2D eigenvalue weighted by Crippen LogP contribution is -2.26. The number of nitrogens with two attached hydrogens (primary N) is 1. The molecule has 0 unspecified atom stereocenters. The lowest BCUT2D eigenvalue weighted by molar-refractivity contribution is 0.388. The van der Waals surface area contributed by atoms with Crippen molar-refractivity contribution in [3.05, 3.63) is 93.8 Å². The third-order valence-corrected chi connectivity index (χ3v) is 4.97. The Morgan fingerprint density at radius 2 is 1.79 bits per heavy atom. The molecule has 6 heteroatoms. The topological polar surface area (TPSA) is 102 Å². The van der Waals surface area contributed by atoms with E-state index in [4.69, 9.17) is 14.9 Å². The molecule has 2 aromatic heterocycles. The molecule has 134 valence electrons. The van der Waals surface area contributed by atoms with Crippen LogP contribution in [-0.4, -0.2) is 4.98 Å². The van der Waals surface area contributed by atoms with Gasteiger partial charge in [-0.3, -0.25) is 4.98 Å². The molecule has 5 rings (SSSR count). The second kappa shape index (κ2) is 5.96. The number of hydrogen-bond acceptors (Lipinski definition) is 6. The SMILES string of the molecule is N#CC1=C(N)Oc2c(c(=O)oc3ccccc23)[C@H]1c1ccnc2ccccc12. The predicted molar refractivity (Wildman–Crippen MR) is 104 cm³/mol. The van der Waals surface area contributed by atoms with Crippen LogP contribution in [0.4, 0.5) is 0 Å². The molecular formula is C22H13N3O3. The summed E-state index contributed by atoms with van der Waals surface area (Å²) in [7, 11) is 0. The number of para-hydroxylation sites is 2. The number of aromatic nitrogens is 1. The smallest absolute Gasteiger partial charge is 0.344 e. The fourth-order valence-electron chi connectivity index (χ4n) is 3.75. The minimum absolute atomic E-state index is 0.0170. The van der Waals surface area contributed by atoms with Crippen LogP contribution in [0.2, 0.25) is 0 Å². The van der Waals surface area contributed by atoms with Gasteiger partial charge >= 0.3 is 5.63 Å². The average Bonchev–Trinajstić information content (AvgIpc) is 2.72. The quantitative estimate of drug-likeness (QED) is 0.516. The summed E-state index contributed by atoms with van der Waals surface area (Å²) in [6.07, 6.45) is 1.65. The zero-order valence-corrected chi connectivity index (χ0v) is 14.5. The van der Waals surface area contributed by atoms with E-state index in [1.54, 1.807) is 30.5 Å². The molecule has 0 radical (unpaired) electrons. The molecule has 0 amide bonds. The number of rotatable bonds is 1. The number of nitrogens with zero attached hydrogens (tertiary/aromatic N) is 2. The monoisotopic (exact) mass is 367 g/mol. The van der Waals surface area contributed by atoms with Gasteiger partial charge in [-0.1, -0.05) is 30.3 Å². The first-order valence-corrected chi connectivity index (χ1v) is 8.66. The van der Waals surface area contributed by atoms with Crippen molar-refractivity contribution >= 4 is 21.9 Å². The Kier molecular flexibility index (Phi) is 3.43. The van der Waals surface area contributed by atoms with E-state index >= 15 is 0 Å². The number of ether oxygens (including phenoxy) is 1. The van der Waals surface area contributed by atoms with E-state index in [1.807, 2.05) is 30.3 Å². The van der Waals surface area contributed by atoms with E-state index in [2.05, 4.69) is 11.1 Å². The van der Waals surface area contributed by atoms with Gasteiger partial charge in [0.1, 0.15) is 17.2 Å². The predicted octanol–water partition coefficient (Wildman–Crippen LogP) is 3.56. The number of pyridine rings is 1. The second-order valence-corrected chi connectivity index (χ2v) is 6.47. The van der Waals surface area contributed by atoms with Crippen LogP contribution in [0.1, 0.15) is 17.0 Å². The molecule has 0 aliphatic carbocycles. The van der Waals surface area contributed by atoms with Gasteiger partial charge in [0.2, 0.25) is 5.88 Å². The Balaban J connectivity index is 1.92. The zero-order valence-electron chi connectivity index (χ0n) is 14.5. The van der Waals surface area contributed by atoms with Gasteiger partial charge in [-0.25, -0.2) is 4.79 Å². The van der Waals surface area contributed by atoms with Crippen molar-refractivity contribution in [3.8, 4) is 11.8 Å². The molecule has 6 nitrogen and oxygen atoms in total. The van der Waals surface area contributed by atoms with Crippen LogP contribution < -0.4 is 16.1 Å². The van der Waals surface area contributed by atoms with Gasteiger partial charge in [0.05, 0.1) is 22.4 Å². The molecule has 0 saturated heterocycles. The third kappa shape index (κ3) is 2.20. The van der Waals surface area contributed by atoms with Crippen molar-refractivity contribution in [2.75, 3.05) is 0 Å². The highest BCUT2D eigenvalue weighted by atomic mass is 16.5.